The van der Waals surface area contributed by atoms with Gasteiger partial charge in [0.25, 0.3) is 0 Å². The van der Waals surface area contributed by atoms with E-state index in [0.717, 1.165) is 4.31 Å². The number of sulfonamides is 1. The second kappa shape index (κ2) is 5.45. The minimum atomic E-state index is -3.69. The lowest BCUT2D eigenvalue weighted by atomic mass is 10.2. The number of benzene rings is 1. The van der Waals surface area contributed by atoms with Gasteiger partial charge in [0.15, 0.2) is 0 Å². The molecule has 0 bridgehead atoms. The van der Waals surface area contributed by atoms with Crippen LogP contribution in [-0.4, -0.2) is 31.3 Å². The molecule has 6 nitrogen and oxygen atoms in total. The van der Waals surface area contributed by atoms with E-state index in [1.54, 1.807) is 18.2 Å². The third-order valence-electron chi connectivity index (χ3n) is 2.99. The van der Waals surface area contributed by atoms with Gasteiger partial charge in [0.1, 0.15) is 4.90 Å². The normalized spacial score (nSPS) is 11.7. The van der Waals surface area contributed by atoms with Crippen LogP contribution in [0.1, 0.15) is 6.42 Å². The van der Waals surface area contributed by atoms with Crippen LogP contribution in [0, 0.1) is 11.3 Å². The molecule has 20 heavy (non-hydrogen) atoms. The maximum absolute atomic E-state index is 12.5. The largest absolute Gasteiger partial charge is 0.398 e. The average Bonchev–Trinajstić information content (AvgIpc) is 2.45. The number of rotatable bonds is 4. The van der Waals surface area contributed by atoms with Crippen molar-refractivity contribution in [1.82, 2.24) is 9.29 Å². The number of nitriles is 1. The van der Waals surface area contributed by atoms with Gasteiger partial charge in [-0.2, -0.15) is 9.57 Å². The molecular formula is C13H14N4O2S. The first-order valence-corrected chi connectivity index (χ1v) is 7.39. The number of fused-ring (bicyclic) bond motifs is 1. The molecule has 2 N–H and O–H groups in total. The fraction of sp³-hybridized carbons (Fsp3) is 0.231. The highest BCUT2D eigenvalue weighted by Gasteiger charge is 2.23. The summed E-state index contributed by atoms with van der Waals surface area (Å²) < 4.78 is 26.1. The van der Waals surface area contributed by atoms with E-state index in [4.69, 9.17) is 11.0 Å². The Kier molecular flexibility index (Phi) is 3.88. The van der Waals surface area contributed by atoms with Gasteiger partial charge in [-0.15, -0.1) is 0 Å². The van der Waals surface area contributed by atoms with Crippen molar-refractivity contribution in [1.29, 1.82) is 5.26 Å². The minimum absolute atomic E-state index is 0.0998. The van der Waals surface area contributed by atoms with Crippen molar-refractivity contribution < 1.29 is 8.42 Å². The summed E-state index contributed by atoms with van der Waals surface area (Å²) in [5.74, 6) is 0. The molecule has 2 rings (SSSR count). The predicted octanol–water partition coefficient (Wildman–Crippen LogP) is 1.35. The van der Waals surface area contributed by atoms with Crippen LogP contribution >= 0.6 is 0 Å². The van der Waals surface area contributed by atoms with Crippen molar-refractivity contribution in [2.75, 3.05) is 19.3 Å². The summed E-state index contributed by atoms with van der Waals surface area (Å²) in [6.07, 6.45) is 1.66. The minimum Gasteiger partial charge on any atom is -0.398 e. The summed E-state index contributed by atoms with van der Waals surface area (Å²) in [7, 11) is -2.25. The number of nitrogen functional groups attached to an aromatic ring is 1. The zero-order valence-corrected chi connectivity index (χ0v) is 11.8. The molecule has 0 radical (unpaired) electrons. The van der Waals surface area contributed by atoms with E-state index in [9.17, 15) is 8.42 Å². The zero-order valence-electron chi connectivity index (χ0n) is 10.9. The Hall–Kier alpha value is -2.17. The van der Waals surface area contributed by atoms with E-state index in [1.807, 2.05) is 6.07 Å². The molecule has 0 atom stereocenters. The maximum Gasteiger partial charge on any atom is 0.245 e. The summed E-state index contributed by atoms with van der Waals surface area (Å²) in [5.41, 5.74) is 6.66. The van der Waals surface area contributed by atoms with Crippen LogP contribution in [0.2, 0.25) is 0 Å². The first-order chi connectivity index (χ1) is 9.48. The Morgan fingerprint density at radius 2 is 2.15 bits per heavy atom. The SMILES string of the molecule is CN(CCC#N)S(=O)(=O)c1ccc(N)c2cccnc12. The van der Waals surface area contributed by atoms with E-state index in [-0.39, 0.29) is 17.9 Å². The van der Waals surface area contributed by atoms with Gasteiger partial charge >= 0.3 is 0 Å². The van der Waals surface area contributed by atoms with Gasteiger partial charge in [0.2, 0.25) is 10.0 Å². The van der Waals surface area contributed by atoms with Gasteiger partial charge in [-0.1, -0.05) is 0 Å². The lowest BCUT2D eigenvalue weighted by Gasteiger charge is -2.17. The number of nitrogens with zero attached hydrogens (tertiary/aromatic N) is 3. The molecule has 0 aliphatic rings. The highest BCUT2D eigenvalue weighted by molar-refractivity contribution is 7.89. The van der Waals surface area contributed by atoms with Crippen molar-refractivity contribution in [3.8, 4) is 6.07 Å². The highest BCUT2D eigenvalue weighted by atomic mass is 32.2. The standard InChI is InChI=1S/C13H14N4O2S/c1-17(9-3-7-14)20(18,19)12-6-5-11(15)10-4-2-8-16-13(10)12/h2,4-6,8H,3,9,15H2,1H3. The van der Waals surface area contributed by atoms with Crippen LogP contribution in [0.4, 0.5) is 5.69 Å². The predicted molar refractivity (Wildman–Crippen MR) is 76.2 cm³/mol. The van der Waals surface area contributed by atoms with E-state index in [2.05, 4.69) is 4.98 Å². The molecule has 0 aliphatic carbocycles. The summed E-state index contributed by atoms with van der Waals surface area (Å²) in [4.78, 5) is 4.22. The second-order valence-electron chi connectivity index (χ2n) is 4.29. The van der Waals surface area contributed by atoms with Crippen LogP contribution in [0.15, 0.2) is 35.4 Å². The van der Waals surface area contributed by atoms with Gasteiger partial charge < -0.3 is 5.73 Å². The highest BCUT2D eigenvalue weighted by Crippen LogP contribution is 2.27. The zero-order chi connectivity index (χ0) is 14.8. The Labute approximate surface area is 117 Å². The molecule has 1 aromatic heterocycles. The monoisotopic (exact) mass is 290 g/mol. The van der Waals surface area contributed by atoms with Gasteiger partial charge in [0.05, 0.1) is 11.6 Å². The van der Waals surface area contributed by atoms with E-state index in [1.165, 1.54) is 19.3 Å². The lowest BCUT2D eigenvalue weighted by molar-refractivity contribution is 0.477. The molecule has 2 aromatic rings. The quantitative estimate of drug-likeness (QED) is 0.857. The molecule has 1 aromatic carbocycles. The van der Waals surface area contributed by atoms with Gasteiger partial charge in [-0.25, -0.2) is 8.42 Å². The Balaban J connectivity index is 2.59. The average molecular weight is 290 g/mol. The van der Waals surface area contributed by atoms with Gasteiger partial charge in [-0.3, -0.25) is 4.98 Å². The van der Waals surface area contributed by atoms with E-state index >= 15 is 0 Å². The number of hydrogen-bond donors (Lipinski definition) is 1. The van der Waals surface area contributed by atoms with Crippen molar-refractivity contribution in [3.63, 3.8) is 0 Å². The fourth-order valence-corrected chi connectivity index (χ4v) is 3.19. The molecule has 104 valence electrons. The number of aromatic nitrogens is 1. The lowest BCUT2D eigenvalue weighted by Crippen LogP contribution is -2.28. The van der Waals surface area contributed by atoms with E-state index < -0.39 is 10.0 Å². The molecule has 0 saturated heterocycles. The smallest absolute Gasteiger partial charge is 0.245 e. The summed E-state index contributed by atoms with van der Waals surface area (Å²) in [5, 5.41) is 9.16. The third-order valence-corrected chi connectivity index (χ3v) is 4.88. The Bertz CT molecular complexity index is 781. The second-order valence-corrected chi connectivity index (χ2v) is 6.30. The molecule has 0 unspecified atom stereocenters. The molecular weight excluding hydrogens is 276 g/mol. The van der Waals surface area contributed by atoms with Crippen molar-refractivity contribution in [3.05, 3.63) is 30.5 Å². The van der Waals surface area contributed by atoms with Crippen molar-refractivity contribution in [2.45, 2.75) is 11.3 Å². The Morgan fingerprint density at radius 1 is 1.40 bits per heavy atom. The van der Waals surface area contributed by atoms with Crippen LogP contribution < -0.4 is 5.73 Å². The van der Waals surface area contributed by atoms with Gasteiger partial charge in [0, 0.05) is 37.3 Å². The molecule has 0 saturated carbocycles. The van der Waals surface area contributed by atoms with Crippen LogP contribution in [-0.2, 0) is 10.0 Å². The van der Waals surface area contributed by atoms with Crippen LogP contribution in [0.3, 0.4) is 0 Å². The first kappa shape index (κ1) is 14.2. The molecule has 0 spiro atoms. The third kappa shape index (κ3) is 2.43. The number of pyridine rings is 1. The van der Waals surface area contributed by atoms with E-state index in [0.29, 0.717) is 16.6 Å². The molecule has 0 aliphatic heterocycles. The summed E-state index contributed by atoms with van der Waals surface area (Å²) in [6, 6.07) is 8.36. The number of nitrogens with two attached hydrogens (primary N) is 1. The molecule has 0 amide bonds. The van der Waals surface area contributed by atoms with Crippen LogP contribution in [0.25, 0.3) is 10.9 Å². The summed E-state index contributed by atoms with van der Waals surface area (Å²) >= 11 is 0. The van der Waals surface area contributed by atoms with Gasteiger partial charge in [-0.05, 0) is 24.3 Å². The molecule has 0 fully saturated rings. The summed E-state index contributed by atoms with van der Waals surface area (Å²) in [6.45, 7) is 0.136. The molecule has 7 heteroatoms. The van der Waals surface area contributed by atoms with Crippen molar-refractivity contribution >= 4 is 26.6 Å². The number of hydrogen-bond acceptors (Lipinski definition) is 5. The number of anilines is 1. The first-order valence-electron chi connectivity index (χ1n) is 5.95. The topological polar surface area (TPSA) is 100 Å². The Morgan fingerprint density at radius 3 is 2.85 bits per heavy atom. The maximum atomic E-state index is 12.5. The van der Waals surface area contributed by atoms with Crippen molar-refractivity contribution in [2.24, 2.45) is 0 Å². The van der Waals surface area contributed by atoms with Crippen LogP contribution in [0.5, 0.6) is 0 Å². The fourth-order valence-electron chi connectivity index (χ4n) is 1.87. The molecule has 1 heterocycles.